The molecule has 0 radical (unpaired) electrons. The first-order valence-electron chi connectivity index (χ1n) is 8.50. The summed E-state index contributed by atoms with van der Waals surface area (Å²) in [4.78, 5) is 18.6. The molecule has 1 aliphatic heterocycles. The van der Waals surface area contributed by atoms with Crippen molar-refractivity contribution in [3.63, 3.8) is 0 Å². The zero-order valence-electron chi connectivity index (χ0n) is 14.1. The fraction of sp³-hybridized carbons (Fsp3) is 0.368. The van der Waals surface area contributed by atoms with Gasteiger partial charge in [0.25, 0.3) is 0 Å². The number of benzene rings is 1. The van der Waals surface area contributed by atoms with Crippen molar-refractivity contribution in [3.8, 4) is 0 Å². The number of halogens is 1. The minimum absolute atomic E-state index is 0.0968. The molecule has 0 saturated carbocycles. The number of hydrogen-bond donors (Lipinski definition) is 1. The van der Waals surface area contributed by atoms with Crippen molar-refractivity contribution in [2.75, 3.05) is 31.2 Å². The number of nitrogens with zero attached hydrogens (tertiary/aromatic N) is 2. The standard InChI is InChI=1S/C19H22FN3O2/c20-17-4-2-1-3-16(17)6-8-19(24)22-14-15-5-7-18(21-13-15)23-9-11-25-12-10-23/h1-5,7,13H,6,8-12,14H2,(H,22,24). The molecule has 1 fully saturated rings. The summed E-state index contributed by atoms with van der Waals surface area (Å²) in [5.74, 6) is 0.566. The lowest BCUT2D eigenvalue weighted by molar-refractivity contribution is -0.121. The minimum atomic E-state index is -0.266. The van der Waals surface area contributed by atoms with Crippen LogP contribution in [0.5, 0.6) is 0 Å². The van der Waals surface area contributed by atoms with Gasteiger partial charge in [0.2, 0.25) is 5.91 Å². The van der Waals surface area contributed by atoms with Gasteiger partial charge in [0.15, 0.2) is 0 Å². The van der Waals surface area contributed by atoms with E-state index in [0.29, 0.717) is 18.5 Å². The van der Waals surface area contributed by atoms with E-state index in [1.165, 1.54) is 6.07 Å². The Bertz CT molecular complexity index is 700. The van der Waals surface area contributed by atoms with Crippen LogP contribution in [-0.2, 0) is 22.5 Å². The number of ether oxygens (including phenoxy) is 1. The van der Waals surface area contributed by atoms with Crippen LogP contribution >= 0.6 is 0 Å². The molecule has 0 atom stereocenters. The number of pyridine rings is 1. The van der Waals surface area contributed by atoms with E-state index >= 15 is 0 Å². The largest absolute Gasteiger partial charge is 0.378 e. The molecule has 1 amide bonds. The van der Waals surface area contributed by atoms with Crippen molar-refractivity contribution in [2.24, 2.45) is 0 Å². The summed E-state index contributed by atoms with van der Waals surface area (Å²) in [5.41, 5.74) is 1.51. The maximum atomic E-state index is 13.5. The monoisotopic (exact) mass is 343 g/mol. The van der Waals surface area contributed by atoms with Gasteiger partial charge in [0.05, 0.1) is 13.2 Å². The number of rotatable bonds is 6. The number of amides is 1. The molecule has 2 aromatic rings. The van der Waals surface area contributed by atoms with Crippen LogP contribution in [0.3, 0.4) is 0 Å². The fourth-order valence-electron chi connectivity index (χ4n) is 2.74. The predicted octanol–water partition coefficient (Wildman–Crippen LogP) is 2.31. The number of morpholine rings is 1. The van der Waals surface area contributed by atoms with Gasteiger partial charge in [0.1, 0.15) is 11.6 Å². The quantitative estimate of drug-likeness (QED) is 0.874. The molecule has 1 saturated heterocycles. The molecular weight excluding hydrogens is 321 g/mol. The van der Waals surface area contributed by atoms with E-state index in [1.807, 2.05) is 12.1 Å². The second-order valence-electron chi connectivity index (χ2n) is 5.99. The number of aryl methyl sites for hydroxylation is 1. The van der Waals surface area contributed by atoms with Crippen LogP contribution in [0.15, 0.2) is 42.6 Å². The molecular formula is C19H22FN3O2. The zero-order chi connectivity index (χ0) is 17.5. The molecule has 1 aromatic carbocycles. The first-order valence-corrected chi connectivity index (χ1v) is 8.50. The minimum Gasteiger partial charge on any atom is -0.378 e. The van der Waals surface area contributed by atoms with Gasteiger partial charge in [-0.3, -0.25) is 4.79 Å². The molecule has 1 aliphatic rings. The number of hydrogen-bond acceptors (Lipinski definition) is 4. The fourth-order valence-corrected chi connectivity index (χ4v) is 2.74. The van der Waals surface area contributed by atoms with E-state index < -0.39 is 0 Å². The summed E-state index contributed by atoms with van der Waals surface area (Å²) >= 11 is 0. The molecule has 132 valence electrons. The third kappa shape index (κ3) is 5.00. The molecule has 1 aromatic heterocycles. The van der Waals surface area contributed by atoms with Crippen LogP contribution in [0.25, 0.3) is 0 Å². The van der Waals surface area contributed by atoms with Crippen LogP contribution in [0, 0.1) is 5.82 Å². The lowest BCUT2D eigenvalue weighted by Crippen LogP contribution is -2.36. The van der Waals surface area contributed by atoms with Gasteiger partial charge in [-0.15, -0.1) is 0 Å². The van der Waals surface area contributed by atoms with Gasteiger partial charge in [-0.2, -0.15) is 0 Å². The third-order valence-corrected chi connectivity index (χ3v) is 4.21. The van der Waals surface area contributed by atoms with Gasteiger partial charge >= 0.3 is 0 Å². The second kappa shape index (κ2) is 8.58. The summed E-state index contributed by atoms with van der Waals surface area (Å²) in [7, 11) is 0. The summed E-state index contributed by atoms with van der Waals surface area (Å²) in [5, 5.41) is 2.85. The smallest absolute Gasteiger partial charge is 0.220 e. The van der Waals surface area contributed by atoms with Crippen molar-refractivity contribution >= 4 is 11.7 Å². The molecule has 0 bridgehead atoms. The molecule has 0 spiro atoms. The molecule has 1 N–H and O–H groups in total. The molecule has 6 heteroatoms. The van der Waals surface area contributed by atoms with E-state index in [1.54, 1.807) is 24.4 Å². The number of nitrogens with one attached hydrogen (secondary N) is 1. The Morgan fingerprint density at radius 2 is 2.00 bits per heavy atom. The first-order chi connectivity index (χ1) is 12.2. The van der Waals surface area contributed by atoms with E-state index in [-0.39, 0.29) is 18.1 Å². The Morgan fingerprint density at radius 1 is 1.20 bits per heavy atom. The van der Waals surface area contributed by atoms with E-state index in [4.69, 9.17) is 4.74 Å². The van der Waals surface area contributed by atoms with Crippen molar-refractivity contribution in [1.29, 1.82) is 0 Å². The summed E-state index contributed by atoms with van der Waals surface area (Å²) < 4.78 is 18.9. The Kier molecular flexibility index (Phi) is 5.95. The zero-order valence-corrected chi connectivity index (χ0v) is 14.1. The molecule has 2 heterocycles. The number of carbonyl (C=O) groups is 1. The summed E-state index contributed by atoms with van der Waals surface area (Å²) in [6.45, 7) is 3.56. The molecule has 5 nitrogen and oxygen atoms in total. The molecule has 25 heavy (non-hydrogen) atoms. The first kappa shape index (κ1) is 17.4. The van der Waals surface area contributed by atoms with Gasteiger partial charge in [-0.05, 0) is 29.7 Å². The predicted molar refractivity (Wildman–Crippen MR) is 93.8 cm³/mol. The summed E-state index contributed by atoms with van der Waals surface area (Å²) in [6.07, 6.45) is 2.44. The maximum Gasteiger partial charge on any atom is 0.220 e. The topological polar surface area (TPSA) is 54.5 Å². The van der Waals surface area contributed by atoms with Crippen LogP contribution in [0.4, 0.5) is 10.2 Å². The average Bonchev–Trinajstić information content (AvgIpc) is 2.67. The lowest BCUT2D eigenvalue weighted by atomic mass is 10.1. The Hall–Kier alpha value is -2.47. The molecule has 0 unspecified atom stereocenters. The highest BCUT2D eigenvalue weighted by Crippen LogP contribution is 2.13. The van der Waals surface area contributed by atoms with Crippen LogP contribution in [0.2, 0.25) is 0 Å². The Labute approximate surface area is 146 Å². The maximum absolute atomic E-state index is 13.5. The Balaban J connectivity index is 1.44. The number of carbonyl (C=O) groups excluding carboxylic acids is 1. The van der Waals surface area contributed by atoms with Crippen molar-refractivity contribution in [2.45, 2.75) is 19.4 Å². The summed E-state index contributed by atoms with van der Waals surface area (Å²) in [6, 6.07) is 10.5. The SMILES string of the molecule is O=C(CCc1ccccc1F)NCc1ccc(N2CCOCC2)nc1. The van der Waals surface area contributed by atoms with Crippen molar-refractivity contribution < 1.29 is 13.9 Å². The highest BCUT2D eigenvalue weighted by Gasteiger charge is 2.12. The Morgan fingerprint density at radius 3 is 2.72 bits per heavy atom. The van der Waals surface area contributed by atoms with Crippen LogP contribution in [0.1, 0.15) is 17.5 Å². The third-order valence-electron chi connectivity index (χ3n) is 4.21. The van der Waals surface area contributed by atoms with Crippen molar-refractivity contribution in [3.05, 3.63) is 59.5 Å². The highest BCUT2D eigenvalue weighted by atomic mass is 19.1. The van der Waals surface area contributed by atoms with Crippen LogP contribution in [-0.4, -0.2) is 37.2 Å². The highest BCUT2D eigenvalue weighted by molar-refractivity contribution is 5.76. The van der Waals surface area contributed by atoms with Crippen LogP contribution < -0.4 is 10.2 Å². The number of aromatic nitrogens is 1. The van der Waals surface area contributed by atoms with E-state index in [9.17, 15) is 9.18 Å². The molecule has 0 aliphatic carbocycles. The van der Waals surface area contributed by atoms with Crippen molar-refractivity contribution in [1.82, 2.24) is 10.3 Å². The average molecular weight is 343 g/mol. The van der Waals surface area contributed by atoms with Gasteiger partial charge in [-0.1, -0.05) is 24.3 Å². The lowest BCUT2D eigenvalue weighted by Gasteiger charge is -2.27. The van der Waals surface area contributed by atoms with E-state index in [0.717, 1.165) is 37.7 Å². The van der Waals surface area contributed by atoms with Gasteiger partial charge in [-0.25, -0.2) is 9.37 Å². The van der Waals surface area contributed by atoms with Gasteiger partial charge in [0, 0.05) is 32.3 Å². The van der Waals surface area contributed by atoms with E-state index in [2.05, 4.69) is 15.2 Å². The number of anilines is 1. The second-order valence-corrected chi connectivity index (χ2v) is 5.99. The molecule has 3 rings (SSSR count). The normalized spacial score (nSPS) is 14.4. The van der Waals surface area contributed by atoms with Gasteiger partial charge < -0.3 is 15.0 Å².